The van der Waals surface area contributed by atoms with Crippen LogP contribution in [-0.4, -0.2) is 39.4 Å². The summed E-state index contributed by atoms with van der Waals surface area (Å²) < 4.78 is 54.4. The van der Waals surface area contributed by atoms with Crippen LogP contribution in [0.2, 0.25) is 0 Å². The number of hydrogen-bond acceptors (Lipinski definition) is 6. The Kier molecular flexibility index (Phi) is 7.88. The van der Waals surface area contributed by atoms with Crippen LogP contribution in [0.5, 0.6) is 0 Å². The molecule has 2 N–H and O–H groups in total. The summed E-state index contributed by atoms with van der Waals surface area (Å²) in [4.78, 5) is 41.6. The number of halogens is 2. The second-order valence-corrected chi connectivity index (χ2v) is 10.2. The van der Waals surface area contributed by atoms with Crippen LogP contribution in [0.3, 0.4) is 0 Å². The van der Waals surface area contributed by atoms with Gasteiger partial charge in [0, 0.05) is 29.8 Å². The Hall–Kier alpha value is -3.35. The van der Waals surface area contributed by atoms with E-state index in [0.717, 1.165) is 18.9 Å². The van der Waals surface area contributed by atoms with E-state index in [4.69, 9.17) is 0 Å². The molecule has 0 aliphatic heterocycles. The van der Waals surface area contributed by atoms with Crippen LogP contribution in [0.1, 0.15) is 64.5 Å². The number of hydrogen-bond donors (Lipinski definition) is 2. The van der Waals surface area contributed by atoms with E-state index in [1.54, 1.807) is 0 Å². The SMILES string of the molecule is CCCCCC(=O)CS(=O)(=O)Nn1c(=O)[nH]c2cc(C(F)F)c(-c3ccnn3C(C)C)cc2c1=O. The number of benzene rings is 1. The maximum absolute atomic E-state index is 13.9. The number of sulfonamides is 1. The molecular formula is C22H27F2N5O5S. The van der Waals surface area contributed by atoms with Gasteiger partial charge in [0.05, 0.1) is 16.6 Å². The Morgan fingerprint density at radius 2 is 1.91 bits per heavy atom. The van der Waals surface area contributed by atoms with Gasteiger partial charge in [0.25, 0.3) is 22.0 Å². The van der Waals surface area contributed by atoms with Crippen LogP contribution in [0.15, 0.2) is 34.0 Å². The maximum atomic E-state index is 13.9. The topological polar surface area (TPSA) is 136 Å². The highest BCUT2D eigenvalue weighted by Gasteiger charge is 2.23. The third-order valence-corrected chi connectivity index (χ3v) is 6.54. The molecule has 2 aromatic heterocycles. The number of H-pyrrole nitrogens is 1. The summed E-state index contributed by atoms with van der Waals surface area (Å²) in [7, 11) is -4.37. The van der Waals surface area contributed by atoms with Gasteiger partial charge in [-0.1, -0.05) is 19.8 Å². The minimum absolute atomic E-state index is 0.0170. The zero-order valence-electron chi connectivity index (χ0n) is 19.5. The van der Waals surface area contributed by atoms with Gasteiger partial charge in [0.1, 0.15) is 11.5 Å². The first-order chi connectivity index (χ1) is 16.4. The molecule has 35 heavy (non-hydrogen) atoms. The summed E-state index contributed by atoms with van der Waals surface area (Å²) in [6.45, 7) is 5.55. The van der Waals surface area contributed by atoms with Gasteiger partial charge < -0.3 is 4.98 Å². The number of fused-ring (bicyclic) bond motifs is 1. The highest BCUT2D eigenvalue weighted by atomic mass is 32.2. The summed E-state index contributed by atoms with van der Waals surface area (Å²) in [5.41, 5.74) is -2.50. The van der Waals surface area contributed by atoms with Crippen molar-refractivity contribution in [3.63, 3.8) is 0 Å². The summed E-state index contributed by atoms with van der Waals surface area (Å²) in [6.07, 6.45) is 0.721. The predicted octanol–water partition coefficient (Wildman–Crippen LogP) is 3.09. The van der Waals surface area contributed by atoms with Gasteiger partial charge in [0.2, 0.25) is 0 Å². The highest BCUT2D eigenvalue weighted by molar-refractivity contribution is 7.93. The van der Waals surface area contributed by atoms with E-state index in [-0.39, 0.29) is 33.6 Å². The Balaban J connectivity index is 2.09. The van der Waals surface area contributed by atoms with E-state index in [9.17, 15) is 31.6 Å². The van der Waals surface area contributed by atoms with Crippen molar-refractivity contribution >= 4 is 26.7 Å². The fraction of sp³-hybridized carbons (Fsp3) is 0.455. The van der Waals surface area contributed by atoms with E-state index >= 15 is 0 Å². The van der Waals surface area contributed by atoms with Gasteiger partial charge in [-0.3, -0.25) is 14.3 Å². The number of aromatic nitrogens is 4. The fourth-order valence-corrected chi connectivity index (χ4v) is 4.81. The molecule has 0 amide bonds. The Labute approximate surface area is 200 Å². The Morgan fingerprint density at radius 1 is 1.20 bits per heavy atom. The number of Topliss-reactive ketones (excluding diaryl/α,β-unsaturated/α-hetero) is 1. The lowest BCUT2D eigenvalue weighted by Gasteiger charge is -2.16. The van der Waals surface area contributed by atoms with Crippen LogP contribution in [0.25, 0.3) is 22.2 Å². The number of unbranched alkanes of at least 4 members (excludes halogenated alkanes) is 2. The van der Waals surface area contributed by atoms with Crippen LogP contribution in [0.4, 0.5) is 8.78 Å². The number of rotatable bonds is 11. The van der Waals surface area contributed by atoms with E-state index in [0.29, 0.717) is 12.1 Å². The lowest BCUT2D eigenvalue weighted by atomic mass is 10.0. The molecule has 0 aliphatic carbocycles. The average Bonchev–Trinajstić information content (AvgIpc) is 3.26. The van der Waals surface area contributed by atoms with Crippen LogP contribution >= 0.6 is 0 Å². The Bertz CT molecular complexity index is 1460. The van der Waals surface area contributed by atoms with E-state index in [2.05, 4.69) is 10.1 Å². The van der Waals surface area contributed by atoms with Gasteiger partial charge in [0.15, 0.2) is 0 Å². The highest BCUT2D eigenvalue weighted by Crippen LogP contribution is 2.34. The second kappa shape index (κ2) is 10.5. The normalized spacial score (nSPS) is 12.1. The molecule has 0 saturated carbocycles. The number of nitrogens with zero attached hydrogens (tertiary/aromatic N) is 3. The number of carbonyl (C=O) groups is 1. The molecule has 190 valence electrons. The molecule has 1 aromatic carbocycles. The van der Waals surface area contributed by atoms with Crippen LogP contribution < -0.4 is 16.1 Å². The molecule has 0 radical (unpaired) electrons. The zero-order valence-corrected chi connectivity index (χ0v) is 20.4. The van der Waals surface area contributed by atoms with E-state index < -0.39 is 44.8 Å². The van der Waals surface area contributed by atoms with Gasteiger partial charge in [-0.05, 0) is 38.5 Å². The lowest BCUT2D eigenvalue weighted by molar-refractivity contribution is -0.116. The number of alkyl halides is 2. The third kappa shape index (κ3) is 5.84. The quantitative estimate of drug-likeness (QED) is 0.380. The Morgan fingerprint density at radius 3 is 2.54 bits per heavy atom. The lowest BCUT2D eigenvalue weighted by Crippen LogP contribution is -2.44. The van der Waals surface area contributed by atoms with Crippen LogP contribution in [0, 0.1) is 0 Å². The molecule has 0 spiro atoms. The van der Waals surface area contributed by atoms with Crippen molar-refractivity contribution in [2.24, 2.45) is 0 Å². The van der Waals surface area contributed by atoms with Crippen molar-refractivity contribution in [2.45, 2.75) is 58.9 Å². The van der Waals surface area contributed by atoms with E-state index in [1.807, 2.05) is 25.6 Å². The first-order valence-electron chi connectivity index (χ1n) is 11.1. The van der Waals surface area contributed by atoms with Crippen molar-refractivity contribution in [2.75, 3.05) is 10.6 Å². The number of nitrogens with one attached hydrogen (secondary N) is 2. The largest absolute Gasteiger partial charge is 0.348 e. The summed E-state index contributed by atoms with van der Waals surface area (Å²) >= 11 is 0. The minimum Gasteiger partial charge on any atom is -0.305 e. The first-order valence-corrected chi connectivity index (χ1v) is 12.8. The van der Waals surface area contributed by atoms with Crippen molar-refractivity contribution in [3.8, 4) is 11.3 Å². The zero-order chi connectivity index (χ0) is 25.9. The van der Waals surface area contributed by atoms with E-state index in [1.165, 1.54) is 23.0 Å². The van der Waals surface area contributed by atoms with Crippen molar-refractivity contribution in [1.82, 2.24) is 19.4 Å². The summed E-state index contributed by atoms with van der Waals surface area (Å²) in [5.74, 6) is -1.45. The first kappa shape index (κ1) is 26.3. The van der Waals surface area contributed by atoms with Crippen molar-refractivity contribution in [1.29, 1.82) is 0 Å². The monoisotopic (exact) mass is 511 g/mol. The summed E-state index contributed by atoms with van der Waals surface area (Å²) in [5, 5.41) is 3.94. The number of ketones is 1. The van der Waals surface area contributed by atoms with Gasteiger partial charge in [-0.25, -0.2) is 26.8 Å². The molecule has 0 fully saturated rings. The third-order valence-electron chi connectivity index (χ3n) is 5.38. The summed E-state index contributed by atoms with van der Waals surface area (Å²) in [6, 6.07) is 3.51. The molecule has 10 nitrogen and oxygen atoms in total. The molecule has 3 rings (SSSR count). The fourth-order valence-electron chi connectivity index (χ4n) is 3.73. The average molecular weight is 512 g/mol. The molecule has 13 heteroatoms. The predicted molar refractivity (Wildman–Crippen MR) is 128 cm³/mol. The van der Waals surface area contributed by atoms with Crippen molar-refractivity contribution < 1.29 is 22.0 Å². The molecule has 0 unspecified atom stereocenters. The van der Waals surface area contributed by atoms with Gasteiger partial charge in [-0.2, -0.15) is 9.77 Å². The van der Waals surface area contributed by atoms with Gasteiger partial charge >= 0.3 is 5.69 Å². The molecule has 3 aromatic rings. The second-order valence-electron chi connectivity index (χ2n) is 8.46. The standard InChI is InChI=1S/C22H27F2N5O5S/c1-4-5-6-7-14(30)12-35(33,34)27-29-21(31)17-10-15(19-8-9-25-28(19)13(2)3)16(20(23)24)11-18(17)26-22(29)32/h8-11,13,20,27H,4-7,12H2,1-3H3,(H,26,32). The maximum Gasteiger partial charge on any atom is 0.348 e. The number of aromatic amines is 1. The minimum atomic E-state index is -4.37. The number of carbonyl (C=O) groups excluding carboxylic acids is 1. The smallest absolute Gasteiger partial charge is 0.305 e. The van der Waals surface area contributed by atoms with Gasteiger partial charge in [-0.15, -0.1) is 0 Å². The van der Waals surface area contributed by atoms with Crippen LogP contribution in [-0.2, 0) is 14.8 Å². The molecule has 0 aliphatic rings. The molecule has 2 heterocycles. The molecule has 0 bridgehead atoms. The molecule has 0 saturated heterocycles. The van der Waals surface area contributed by atoms with Crippen molar-refractivity contribution in [3.05, 3.63) is 50.8 Å². The molecule has 0 atom stereocenters. The molecular weight excluding hydrogens is 484 g/mol.